The summed E-state index contributed by atoms with van der Waals surface area (Å²) in [4.78, 5) is 20.4. The largest absolute Gasteiger partial charge is 0.351 e. The van der Waals surface area contributed by atoms with Gasteiger partial charge in [-0.15, -0.1) is 10.2 Å². The highest BCUT2D eigenvalue weighted by atomic mass is 16.1. The first-order chi connectivity index (χ1) is 11.1. The van der Waals surface area contributed by atoms with Crippen LogP contribution in [0.2, 0.25) is 0 Å². The summed E-state index contributed by atoms with van der Waals surface area (Å²) in [5, 5.41) is 11.2. The van der Waals surface area contributed by atoms with Crippen LogP contribution in [0.25, 0.3) is 5.65 Å². The molecule has 3 heterocycles. The Morgan fingerprint density at radius 2 is 2.09 bits per heavy atom. The lowest BCUT2D eigenvalue weighted by atomic mass is 10.2. The smallest absolute Gasteiger partial charge is 0.270 e. The van der Waals surface area contributed by atoms with E-state index in [4.69, 9.17) is 0 Å². The van der Waals surface area contributed by atoms with Gasteiger partial charge in [-0.25, -0.2) is 9.97 Å². The number of carbonyl (C=O) groups excluding carboxylic acids is 1. The standard InChI is InChI=1S/C16H18N6O/c1-11-10-13(19-12(2)18-11)16(23)17-8-5-7-15-21-20-14-6-3-4-9-22(14)15/h3-4,6,9-10H,5,7-8H2,1-2H3,(H,17,23). The highest BCUT2D eigenvalue weighted by Gasteiger charge is 2.09. The molecule has 7 nitrogen and oxygen atoms in total. The van der Waals surface area contributed by atoms with E-state index in [0.29, 0.717) is 18.1 Å². The Balaban J connectivity index is 1.54. The number of hydrogen-bond acceptors (Lipinski definition) is 5. The van der Waals surface area contributed by atoms with Gasteiger partial charge in [0.2, 0.25) is 0 Å². The fourth-order valence-corrected chi connectivity index (χ4v) is 2.43. The Kier molecular flexibility index (Phi) is 4.27. The molecule has 0 spiro atoms. The predicted molar refractivity (Wildman–Crippen MR) is 85.1 cm³/mol. The van der Waals surface area contributed by atoms with E-state index in [1.165, 1.54) is 0 Å². The number of carbonyl (C=O) groups is 1. The number of hydrogen-bond donors (Lipinski definition) is 1. The molecule has 0 aliphatic heterocycles. The molecule has 1 N–H and O–H groups in total. The van der Waals surface area contributed by atoms with Crippen LogP contribution in [0.5, 0.6) is 0 Å². The maximum Gasteiger partial charge on any atom is 0.270 e. The van der Waals surface area contributed by atoms with Crippen molar-refractivity contribution in [2.45, 2.75) is 26.7 Å². The monoisotopic (exact) mass is 310 g/mol. The molecule has 0 aliphatic rings. The average Bonchev–Trinajstić information content (AvgIpc) is 2.94. The molecule has 0 unspecified atom stereocenters. The van der Waals surface area contributed by atoms with Crippen molar-refractivity contribution < 1.29 is 4.79 Å². The van der Waals surface area contributed by atoms with Crippen molar-refractivity contribution in [3.8, 4) is 0 Å². The molecular formula is C16H18N6O. The van der Waals surface area contributed by atoms with Gasteiger partial charge in [-0.2, -0.15) is 0 Å². The minimum absolute atomic E-state index is 0.176. The van der Waals surface area contributed by atoms with Gasteiger partial charge in [0.05, 0.1) is 0 Å². The molecule has 3 aromatic rings. The van der Waals surface area contributed by atoms with Crippen LogP contribution in [0.1, 0.15) is 34.3 Å². The highest BCUT2D eigenvalue weighted by molar-refractivity contribution is 5.92. The van der Waals surface area contributed by atoms with E-state index in [9.17, 15) is 4.79 Å². The zero-order valence-corrected chi connectivity index (χ0v) is 13.2. The molecule has 0 aromatic carbocycles. The van der Waals surface area contributed by atoms with Crippen LogP contribution >= 0.6 is 0 Å². The van der Waals surface area contributed by atoms with Gasteiger partial charge >= 0.3 is 0 Å². The summed E-state index contributed by atoms with van der Waals surface area (Å²) in [6, 6.07) is 7.48. The fourth-order valence-electron chi connectivity index (χ4n) is 2.43. The van der Waals surface area contributed by atoms with Gasteiger partial charge in [0.1, 0.15) is 17.3 Å². The molecule has 118 valence electrons. The van der Waals surface area contributed by atoms with E-state index >= 15 is 0 Å². The first-order valence-corrected chi connectivity index (χ1v) is 7.52. The summed E-state index contributed by atoms with van der Waals surface area (Å²) in [6.07, 6.45) is 3.47. The lowest BCUT2D eigenvalue weighted by Crippen LogP contribution is -2.26. The predicted octanol–water partition coefficient (Wildman–Crippen LogP) is 1.50. The minimum atomic E-state index is -0.176. The minimum Gasteiger partial charge on any atom is -0.351 e. The van der Waals surface area contributed by atoms with Gasteiger partial charge in [-0.3, -0.25) is 9.20 Å². The van der Waals surface area contributed by atoms with Crippen LogP contribution in [0.4, 0.5) is 0 Å². The molecule has 0 saturated carbocycles. The Labute approximate surface area is 133 Å². The zero-order valence-electron chi connectivity index (χ0n) is 13.2. The van der Waals surface area contributed by atoms with Crippen LogP contribution in [0.3, 0.4) is 0 Å². The van der Waals surface area contributed by atoms with Gasteiger partial charge in [0.25, 0.3) is 5.91 Å². The summed E-state index contributed by atoms with van der Waals surface area (Å²) in [5.74, 6) is 1.32. The second-order valence-corrected chi connectivity index (χ2v) is 5.35. The van der Waals surface area contributed by atoms with Crippen LogP contribution in [-0.2, 0) is 6.42 Å². The van der Waals surface area contributed by atoms with Crippen molar-refractivity contribution in [3.05, 3.63) is 53.5 Å². The van der Waals surface area contributed by atoms with E-state index in [2.05, 4.69) is 25.5 Å². The van der Waals surface area contributed by atoms with Gasteiger partial charge in [0, 0.05) is 24.9 Å². The topological polar surface area (TPSA) is 85.1 Å². The first kappa shape index (κ1) is 15.1. The number of fused-ring (bicyclic) bond motifs is 1. The molecule has 1 amide bonds. The van der Waals surface area contributed by atoms with E-state index in [1.807, 2.05) is 35.7 Å². The quantitative estimate of drug-likeness (QED) is 0.722. The molecular weight excluding hydrogens is 292 g/mol. The van der Waals surface area contributed by atoms with Crippen molar-refractivity contribution in [1.29, 1.82) is 0 Å². The van der Waals surface area contributed by atoms with Gasteiger partial charge in [0.15, 0.2) is 5.65 Å². The Bertz CT molecular complexity index is 821. The number of aromatic nitrogens is 5. The van der Waals surface area contributed by atoms with E-state index in [1.54, 1.807) is 13.0 Å². The maximum atomic E-state index is 12.1. The van der Waals surface area contributed by atoms with Crippen molar-refractivity contribution in [1.82, 2.24) is 29.9 Å². The van der Waals surface area contributed by atoms with E-state index < -0.39 is 0 Å². The van der Waals surface area contributed by atoms with E-state index in [-0.39, 0.29) is 5.91 Å². The summed E-state index contributed by atoms with van der Waals surface area (Å²) in [5.41, 5.74) is 2.03. The normalized spacial score (nSPS) is 10.9. The molecule has 0 radical (unpaired) electrons. The van der Waals surface area contributed by atoms with Crippen LogP contribution in [0.15, 0.2) is 30.5 Å². The Morgan fingerprint density at radius 3 is 2.91 bits per heavy atom. The molecule has 3 aromatic heterocycles. The molecule has 23 heavy (non-hydrogen) atoms. The second-order valence-electron chi connectivity index (χ2n) is 5.35. The number of nitrogens with one attached hydrogen (secondary N) is 1. The third-order valence-corrected chi connectivity index (χ3v) is 3.45. The van der Waals surface area contributed by atoms with Crippen LogP contribution in [-0.4, -0.2) is 37.0 Å². The van der Waals surface area contributed by atoms with Crippen molar-refractivity contribution in [2.24, 2.45) is 0 Å². The number of aryl methyl sites for hydroxylation is 3. The highest BCUT2D eigenvalue weighted by Crippen LogP contribution is 2.05. The third kappa shape index (κ3) is 3.50. The number of pyridine rings is 1. The van der Waals surface area contributed by atoms with Gasteiger partial charge < -0.3 is 5.32 Å². The molecule has 0 atom stereocenters. The molecule has 0 aliphatic carbocycles. The summed E-state index contributed by atoms with van der Waals surface area (Å²) < 4.78 is 1.96. The molecule has 0 bridgehead atoms. The van der Waals surface area contributed by atoms with Crippen LogP contribution in [0, 0.1) is 13.8 Å². The summed E-state index contributed by atoms with van der Waals surface area (Å²) >= 11 is 0. The molecule has 0 fully saturated rings. The number of amides is 1. The molecule has 0 saturated heterocycles. The van der Waals surface area contributed by atoms with Crippen molar-refractivity contribution in [3.63, 3.8) is 0 Å². The molecule has 3 rings (SSSR count). The van der Waals surface area contributed by atoms with Gasteiger partial charge in [-0.05, 0) is 38.5 Å². The Morgan fingerprint density at radius 1 is 1.22 bits per heavy atom. The number of nitrogens with zero attached hydrogens (tertiary/aromatic N) is 5. The molecule has 7 heteroatoms. The number of rotatable bonds is 5. The van der Waals surface area contributed by atoms with Crippen LogP contribution < -0.4 is 5.32 Å². The lowest BCUT2D eigenvalue weighted by Gasteiger charge is -2.05. The zero-order chi connectivity index (χ0) is 16.2. The van der Waals surface area contributed by atoms with E-state index in [0.717, 1.165) is 30.0 Å². The van der Waals surface area contributed by atoms with Crippen molar-refractivity contribution >= 4 is 11.6 Å². The first-order valence-electron chi connectivity index (χ1n) is 7.52. The third-order valence-electron chi connectivity index (χ3n) is 3.45. The SMILES string of the molecule is Cc1cc(C(=O)NCCCc2nnc3ccccn23)nc(C)n1. The lowest BCUT2D eigenvalue weighted by molar-refractivity contribution is 0.0947. The van der Waals surface area contributed by atoms with Crippen molar-refractivity contribution in [2.75, 3.05) is 6.54 Å². The fraction of sp³-hybridized carbons (Fsp3) is 0.312. The summed E-state index contributed by atoms with van der Waals surface area (Å²) in [7, 11) is 0. The second kappa shape index (κ2) is 6.51. The maximum absolute atomic E-state index is 12.1. The average molecular weight is 310 g/mol. The van der Waals surface area contributed by atoms with Gasteiger partial charge in [-0.1, -0.05) is 6.07 Å². The Hall–Kier alpha value is -2.83. The summed E-state index contributed by atoms with van der Waals surface area (Å²) in [6.45, 7) is 4.19.